The lowest BCUT2D eigenvalue weighted by Gasteiger charge is -2.03. The van der Waals surface area contributed by atoms with Gasteiger partial charge in [0, 0.05) is 0 Å². The maximum atomic E-state index is 11.1. The fourth-order valence-corrected chi connectivity index (χ4v) is 1.52. The van der Waals surface area contributed by atoms with Crippen LogP contribution in [0.15, 0.2) is 34.2 Å². The van der Waals surface area contributed by atoms with Crippen LogP contribution in [-0.2, 0) is 0 Å². The van der Waals surface area contributed by atoms with Gasteiger partial charge >= 0.3 is 5.69 Å². The lowest BCUT2D eigenvalue weighted by atomic mass is 10.2. The van der Waals surface area contributed by atoms with Gasteiger partial charge < -0.3 is 4.74 Å². The van der Waals surface area contributed by atoms with Crippen molar-refractivity contribution >= 4 is 12.0 Å². The van der Waals surface area contributed by atoms with E-state index in [1.54, 1.807) is 13.1 Å². The maximum absolute atomic E-state index is 11.1. The van der Waals surface area contributed by atoms with Crippen LogP contribution < -0.4 is 15.9 Å². The number of hydrogen-bond donors (Lipinski definition) is 2. The molecule has 1 heterocycles. The van der Waals surface area contributed by atoms with Crippen molar-refractivity contribution in [3.05, 3.63) is 46.0 Å². The number of nitrogens with zero attached hydrogens (tertiary/aromatic N) is 3. The van der Waals surface area contributed by atoms with Crippen LogP contribution in [0.2, 0.25) is 0 Å². The van der Waals surface area contributed by atoms with Gasteiger partial charge in [-0.05, 0) is 31.5 Å². The Kier molecular flexibility index (Phi) is 4.43. The van der Waals surface area contributed by atoms with E-state index in [0.717, 1.165) is 11.3 Å². The molecule has 20 heavy (non-hydrogen) atoms. The number of benzene rings is 1. The molecule has 0 fully saturated rings. The summed E-state index contributed by atoms with van der Waals surface area (Å²) in [6, 6.07) is 7.51. The molecular formula is C13H15N5O2. The minimum absolute atomic E-state index is 0.325. The third-order valence-electron chi connectivity index (χ3n) is 2.43. The van der Waals surface area contributed by atoms with Crippen molar-refractivity contribution in [1.29, 1.82) is 0 Å². The van der Waals surface area contributed by atoms with E-state index in [2.05, 4.69) is 25.7 Å². The Labute approximate surface area is 115 Å². The molecule has 2 N–H and O–H groups in total. The third kappa shape index (κ3) is 3.64. The number of hydrogen-bond acceptors (Lipinski definition) is 6. The van der Waals surface area contributed by atoms with Crippen molar-refractivity contribution in [2.24, 2.45) is 5.10 Å². The number of rotatable bonds is 5. The van der Waals surface area contributed by atoms with Gasteiger partial charge in [0.2, 0.25) is 0 Å². The molecule has 2 rings (SSSR count). The van der Waals surface area contributed by atoms with Crippen molar-refractivity contribution in [3.63, 3.8) is 0 Å². The summed E-state index contributed by atoms with van der Waals surface area (Å²) in [4.78, 5) is 14.8. The van der Waals surface area contributed by atoms with Crippen molar-refractivity contribution in [2.75, 3.05) is 12.0 Å². The van der Waals surface area contributed by atoms with E-state index in [1.165, 1.54) is 0 Å². The molecule has 0 spiro atoms. The monoisotopic (exact) mass is 273 g/mol. The number of aromatic nitrogens is 3. The predicted octanol–water partition coefficient (Wildman–Crippen LogP) is 1.32. The molecule has 0 atom stereocenters. The van der Waals surface area contributed by atoms with Gasteiger partial charge in [0.15, 0.2) is 5.82 Å². The zero-order valence-corrected chi connectivity index (χ0v) is 11.3. The predicted molar refractivity (Wildman–Crippen MR) is 76.2 cm³/mol. The summed E-state index contributed by atoms with van der Waals surface area (Å²) >= 11 is 0. The van der Waals surface area contributed by atoms with E-state index >= 15 is 0 Å². The highest BCUT2D eigenvalue weighted by Gasteiger charge is 2.00. The number of H-pyrrole nitrogens is 1. The van der Waals surface area contributed by atoms with Crippen molar-refractivity contribution in [1.82, 2.24) is 15.2 Å². The Hall–Kier alpha value is -2.70. The standard InChI is InChI=1S/C13H15N5O2/c1-3-20-11-6-4-5-10(7-11)8-14-17-12-9(2)16-18-13(19)15-12/h4-8H,3H2,1-2H3,(H2,15,17,18,19)/b14-8-. The number of nitrogens with one attached hydrogen (secondary N) is 2. The van der Waals surface area contributed by atoms with Crippen LogP contribution in [0.4, 0.5) is 5.82 Å². The molecule has 0 unspecified atom stereocenters. The number of anilines is 1. The van der Waals surface area contributed by atoms with Crippen LogP contribution in [0.5, 0.6) is 5.75 Å². The number of hydrazone groups is 1. The number of aryl methyl sites for hydroxylation is 1. The summed E-state index contributed by atoms with van der Waals surface area (Å²) in [7, 11) is 0. The first kappa shape index (κ1) is 13.7. The Morgan fingerprint density at radius 2 is 2.35 bits per heavy atom. The van der Waals surface area contributed by atoms with E-state index in [1.807, 2.05) is 31.2 Å². The first-order valence-corrected chi connectivity index (χ1v) is 6.14. The highest BCUT2D eigenvalue weighted by molar-refractivity contribution is 5.80. The maximum Gasteiger partial charge on any atom is 0.363 e. The second kappa shape index (κ2) is 6.46. The largest absolute Gasteiger partial charge is 0.494 e. The fraction of sp³-hybridized carbons (Fsp3) is 0.231. The van der Waals surface area contributed by atoms with E-state index in [0.29, 0.717) is 18.1 Å². The minimum atomic E-state index is -0.522. The van der Waals surface area contributed by atoms with Gasteiger partial charge in [0.05, 0.1) is 12.8 Å². The molecule has 7 heteroatoms. The van der Waals surface area contributed by atoms with Crippen LogP contribution in [0.25, 0.3) is 0 Å². The van der Waals surface area contributed by atoms with Crippen LogP contribution in [-0.4, -0.2) is 28.0 Å². The molecule has 0 aliphatic heterocycles. The molecule has 0 radical (unpaired) electrons. The molecule has 1 aromatic heterocycles. The normalized spacial score (nSPS) is 10.7. The fourth-order valence-electron chi connectivity index (χ4n) is 1.52. The zero-order valence-electron chi connectivity index (χ0n) is 11.3. The molecule has 0 aliphatic rings. The smallest absolute Gasteiger partial charge is 0.363 e. The van der Waals surface area contributed by atoms with Gasteiger partial charge in [-0.1, -0.05) is 12.1 Å². The summed E-state index contributed by atoms with van der Waals surface area (Å²) in [5.41, 5.74) is 3.60. The molecule has 0 bridgehead atoms. The third-order valence-corrected chi connectivity index (χ3v) is 2.43. The van der Waals surface area contributed by atoms with Crippen LogP contribution in [0.3, 0.4) is 0 Å². The first-order chi connectivity index (χ1) is 9.69. The van der Waals surface area contributed by atoms with Gasteiger partial charge in [0.1, 0.15) is 11.4 Å². The van der Waals surface area contributed by atoms with E-state index in [9.17, 15) is 4.79 Å². The molecule has 7 nitrogen and oxygen atoms in total. The molecule has 2 aromatic rings. The van der Waals surface area contributed by atoms with Gasteiger partial charge in [-0.15, -0.1) is 0 Å². The van der Waals surface area contributed by atoms with Gasteiger partial charge in [-0.25, -0.2) is 9.89 Å². The van der Waals surface area contributed by atoms with Crippen molar-refractivity contribution in [3.8, 4) is 5.75 Å². The quantitative estimate of drug-likeness (QED) is 0.633. The summed E-state index contributed by atoms with van der Waals surface area (Å²) in [5.74, 6) is 1.11. The molecular weight excluding hydrogens is 258 g/mol. The average Bonchev–Trinajstić information content (AvgIpc) is 2.43. The molecule has 0 saturated carbocycles. The molecule has 1 aromatic carbocycles. The van der Waals surface area contributed by atoms with Crippen LogP contribution >= 0.6 is 0 Å². The second-order valence-corrected chi connectivity index (χ2v) is 3.95. The summed E-state index contributed by atoms with van der Waals surface area (Å²) < 4.78 is 5.40. The van der Waals surface area contributed by atoms with Gasteiger partial charge in [-0.2, -0.15) is 15.2 Å². The SMILES string of the molecule is CCOc1cccc(/C=N\Nc2nc(=O)[nH]nc2C)c1. The minimum Gasteiger partial charge on any atom is -0.494 e. The molecule has 0 amide bonds. The molecule has 0 saturated heterocycles. The Morgan fingerprint density at radius 1 is 1.50 bits per heavy atom. The van der Waals surface area contributed by atoms with Gasteiger partial charge in [0.25, 0.3) is 0 Å². The molecule has 104 valence electrons. The van der Waals surface area contributed by atoms with E-state index < -0.39 is 5.69 Å². The Bertz CT molecular complexity index is 666. The van der Waals surface area contributed by atoms with Crippen molar-refractivity contribution in [2.45, 2.75) is 13.8 Å². The lowest BCUT2D eigenvalue weighted by Crippen LogP contribution is -2.15. The Balaban J connectivity index is 2.08. The first-order valence-electron chi connectivity index (χ1n) is 6.14. The van der Waals surface area contributed by atoms with E-state index in [4.69, 9.17) is 4.74 Å². The summed E-state index contributed by atoms with van der Waals surface area (Å²) in [5, 5.41) is 10.1. The van der Waals surface area contributed by atoms with Crippen LogP contribution in [0, 0.1) is 6.92 Å². The summed E-state index contributed by atoms with van der Waals surface area (Å²) in [6.07, 6.45) is 1.62. The van der Waals surface area contributed by atoms with E-state index in [-0.39, 0.29) is 0 Å². The number of ether oxygens (including phenoxy) is 1. The van der Waals surface area contributed by atoms with Gasteiger partial charge in [-0.3, -0.25) is 5.43 Å². The van der Waals surface area contributed by atoms with Crippen LogP contribution in [0.1, 0.15) is 18.2 Å². The molecule has 0 aliphatic carbocycles. The second-order valence-electron chi connectivity index (χ2n) is 3.95. The lowest BCUT2D eigenvalue weighted by molar-refractivity contribution is 0.340. The summed E-state index contributed by atoms with van der Waals surface area (Å²) in [6.45, 7) is 4.26. The van der Waals surface area contributed by atoms with Crippen molar-refractivity contribution < 1.29 is 4.74 Å². The topological polar surface area (TPSA) is 92.3 Å². The average molecular weight is 273 g/mol. The Morgan fingerprint density at radius 3 is 3.15 bits per heavy atom. The highest BCUT2D eigenvalue weighted by atomic mass is 16.5. The number of aromatic amines is 1. The highest BCUT2D eigenvalue weighted by Crippen LogP contribution is 2.12. The zero-order chi connectivity index (χ0) is 14.4.